The number of sulfone groups is 1. The molecule has 0 spiro atoms. The van der Waals surface area contributed by atoms with Gasteiger partial charge < -0.3 is 0 Å². The summed E-state index contributed by atoms with van der Waals surface area (Å²) in [5.41, 5.74) is 6.58. The van der Waals surface area contributed by atoms with Gasteiger partial charge in [0, 0.05) is 12.3 Å². The van der Waals surface area contributed by atoms with Gasteiger partial charge >= 0.3 is 0 Å². The molecule has 0 aliphatic heterocycles. The predicted octanol–water partition coefficient (Wildman–Crippen LogP) is 2.41. The van der Waals surface area contributed by atoms with Gasteiger partial charge in [-0.3, -0.25) is 11.3 Å². The third-order valence-electron chi connectivity index (χ3n) is 4.78. The van der Waals surface area contributed by atoms with Crippen molar-refractivity contribution in [2.45, 2.75) is 50.8 Å². The summed E-state index contributed by atoms with van der Waals surface area (Å²) in [5, 5.41) is -0.226. The Labute approximate surface area is 128 Å². The van der Waals surface area contributed by atoms with Crippen LogP contribution in [0.15, 0.2) is 18.2 Å². The van der Waals surface area contributed by atoms with E-state index >= 15 is 0 Å². The van der Waals surface area contributed by atoms with E-state index < -0.39 is 9.84 Å². The van der Waals surface area contributed by atoms with Crippen LogP contribution >= 0.6 is 0 Å². The van der Waals surface area contributed by atoms with Gasteiger partial charge in [0.1, 0.15) is 9.84 Å². The Morgan fingerprint density at radius 1 is 1.24 bits per heavy atom. The van der Waals surface area contributed by atoms with Crippen LogP contribution in [0.4, 0.5) is 0 Å². The van der Waals surface area contributed by atoms with Crippen molar-refractivity contribution in [3.63, 3.8) is 0 Å². The van der Waals surface area contributed by atoms with Crippen molar-refractivity contribution in [3.05, 3.63) is 34.9 Å². The maximum absolute atomic E-state index is 11.9. The summed E-state index contributed by atoms with van der Waals surface area (Å²) in [6.07, 6.45) is 4.80. The Kier molecular flexibility index (Phi) is 5.07. The van der Waals surface area contributed by atoms with Gasteiger partial charge in [0.05, 0.1) is 5.25 Å². The maximum Gasteiger partial charge on any atom is 0.150 e. The van der Waals surface area contributed by atoms with E-state index in [9.17, 15) is 8.42 Å². The van der Waals surface area contributed by atoms with Crippen LogP contribution in [0.5, 0.6) is 0 Å². The molecule has 3 N–H and O–H groups in total. The van der Waals surface area contributed by atoms with Crippen LogP contribution in [0.1, 0.15) is 48.4 Å². The lowest BCUT2D eigenvalue weighted by Gasteiger charge is -2.35. The molecular weight excluding hydrogens is 284 g/mol. The average Bonchev–Trinajstić information content (AvgIpc) is 2.42. The second-order valence-corrected chi connectivity index (χ2v) is 8.65. The van der Waals surface area contributed by atoms with E-state index in [0.29, 0.717) is 6.42 Å². The number of benzene rings is 1. The van der Waals surface area contributed by atoms with Gasteiger partial charge in [-0.25, -0.2) is 8.42 Å². The largest absolute Gasteiger partial charge is 0.271 e. The van der Waals surface area contributed by atoms with Crippen LogP contribution in [0.2, 0.25) is 0 Å². The summed E-state index contributed by atoms with van der Waals surface area (Å²) in [4.78, 5) is 0. The van der Waals surface area contributed by atoms with Crippen molar-refractivity contribution in [2.75, 3.05) is 6.26 Å². The number of rotatable bonds is 4. The molecule has 3 atom stereocenters. The van der Waals surface area contributed by atoms with E-state index in [0.717, 1.165) is 19.3 Å². The third-order valence-corrected chi connectivity index (χ3v) is 6.42. The highest BCUT2D eigenvalue weighted by atomic mass is 32.2. The molecule has 1 aliphatic rings. The lowest BCUT2D eigenvalue weighted by Crippen LogP contribution is -2.39. The molecule has 1 aliphatic carbocycles. The normalized spacial score (nSPS) is 24.8. The number of hydrogen-bond acceptors (Lipinski definition) is 4. The molecule has 0 heterocycles. The Morgan fingerprint density at radius 2 is 1.86 bits per heavy atom. The quantitative estimate of drug-likeness (QED) is 0.662. The average molecular weight is 310 g/mol. The first-order valence-corrected chi connectivity index (χ1v) is 9.51. The summed E-state index contributed by atoms with van der Waals surface area (Å²) >= 11 is 0. The van der Waals surface area contributed by atoms with Crippen molar-refractivity contribution in [2.24, 2.45) is 11.8 Å². The van der Waals surface area contributed by atoms with E-state index in [2.05, 4.69) is 31.4 Å². The van der Waals surface area contributed by atoms with Crippen molar-refractivity contribution in [1.29, 1.82) is 0 Å². The molecule has 1 aromatic carbocycles. The van der Waals surface area contributed by atoms with Crippen LogP contribution < -0.4 is 11.3 Å². The smallest absolute Gasteiger partial charge is 0.150 e. The first-order valence-electron chi connectivity index (χ1n) is 7.55. The molecule has 0 amide bonds. The Morgan fingerprint density at radius 3 is 2.38 bits per heavy atom. The monoisotopic (exact) mass is 310 g/mol. The highest BCUT2D eigenvalue weighted by molar-refractivity contribution is 7.91. The van der Waals surface area contributed by atoms with Crippen LogP contribution in [0.3, 0.4) is 0 Å². The molecule has 1 aromatic rings. The first-order chi connectivity index (χ1) is 9.84. The molecular formula is C16H26N2O2S. The summed E-state index contributed by atoms with van der Waals surface area (Å²) in [6.45, 7) is 4.17. The number of hydrazine groups is 1. The molecule has 5 heteroatoms. The van der Waals surface area contributed by atoms with Gasteiger partial charge in [-0.2, -0.15) is 0 Å². The highest BCUT2D eigenvalue weighted by Gasteiger charge is 2.34. The van der Waals surface area contributed by atoms with Crippen molar-refractivity contribution < 1.29 is 8.42 Å². The number of nitrogens with one attached hydrogen (secondary N) is 1. The van der Waals surface area contributed by atoms with Crippen LogP contribution in [-0.4, -0.2) is 19.9 Å². The van der Waals surface area contributed by atoms with Gasteiger partial charge in [0.25, 0.3) is 0 Å². The zero-order chi connectivity index (χ0) is 15.6. The standard InChI is InChI=1S/C16H26N2O2S/c1-11-6-4-7-12(2)15(11)16(18-17)13-8-5-9-14(10-13)21(3,19)20/h4,6-7,13-14,16,18H,5,8-10,17H2,1-3H3. The minimum Gasteiger partial charge on any atom is -0.271 e. The second-order valence-electron chi connectivity index (χ2n) is 6.33. The Balaban J connectivity index is 2.29. The second kappa shape index (κ2) is 6.46. The lowest BCUT2D eigenvalue weighted by molar-refractivity contribution is 0.273. The fraction of sp³-hybridized carbons (Fsp3) is 0.625. The molecule has 1 fully saturated rings. The summed E-state index contributed by atoms with van der Waals surface area (Å²) < 4.78 is 23.7. The molecule has 0 radical (unpaired) electrons. The zero-order valence-corrected chi connectivity index (χ0v) is 13.9. The molecule has 21 heavy (non-hydrogen) atoms. The van der Waals surface area contributed by atoms with E-state index in [1.165, 1.54) is 22.9 Å². The Bertz CT molecular complexity index is 578. The fourth-order valence-corrected chi connectivity index (χ4v) is 4.84. The molecule has 0 saturated heterocycles. The minimum absolute atomic E-state index is 0.0238. The van der Waals surface area contributed by atoms with Gasteiger partial charge in [-0.05, 0) is 55.7 Å². The SMILES string of the molecule is Cc1cccc(C)c1C(NN)C1CCCC(S(C)(=O)=O)C1. The number of aryl methyl sites for hydroxylation is 2. The maximum atomic E-state index is 11.9. The Hall–Kier alpha value is -0.910. The molecule has 2 rings (SSSR count). The first kappa shape index (κ1) is 16.5. The van der Waals surface area contributed by atoms with Crippen molar-refractivity contribution in [3.8, 4) is 0 Å². The zero-order valence-electron chi connectivity index (χ0n) is 13.1. The van der Waals surface area contributed by atoms with Crippen LogP contribution in [0.25, 0.3) is 0 Å². The van der Waals surface area contributed by atoms with Crippen LogP contribution in [0, 0.1) is 19.8 Å². The van der Waals surface area contributed by atoms with E-state index in [-0.39, 0.29) is 17.2 Å². The molecule has 0 bridgehead atoms. The fourth-order valence-electron chi connectivity index (χ4n) is 3.65. The van der Waals surface area contributed by atoms with Crippen molar-refractivity contribution in [1.82, 2.24) is 5.43 Å². The predicted molar refractivity (Wildman–Crippen MR) is 86.6 cm³/mol. The molecule has 1 saturated carbocycles. The van der Waals surface area contributed by atoms with Crippen LogP contribution in [-0.2, 0) is 9.84 Å². The van der Waals surface area contributed by atoms with E-state index in [4.69, 9.17) is 5.84 Å². The minimum atomic E-state index is -2.97. The number of nitrogens with two attached hydrogens (primary N) is 1. The van der Waals surface area contributed by atoms with E-state index in [1.807, 2.05) is 6.07 Å². The van der Waals surface area contributed by atoms with Gasteiger partial charge in [-0.15, -0.1) is 0 Å². The summed E-state index contributed by atoms with van der Waals surface area (Å²) in [5.74, 6) is 6.10. The molecule has 3 unspecified atom stereocenters. The summed E-state index contributed by atoms with van der Waals surface area (Å²) in [6, 6.07) is 6.24. The van der Waals surface area contributed by atoms with E-state index in [1.54, 1.807) is 0 Å². The van der Waals surface area contributed by atoms with Gasteiger partial charge in [0.2, 0.25) is 0 Å². The lowest BCUT2D eigenvalue weighted by atomic mass is 9.79. The molecule has 0 aromatic heterocycles. The summed E-state index contributed by atoms with van der Waals surface area (Å²) in [7, 11) is -2.97. The molecule has 4 nitrogen and oxygen atoms in total. The van der Waals surface area contributed by atoms with Crippen molar-refractivity contribution >= 4 is 9.84 Å². The third kappa shape index (κ3) is 3.65. The molecule has 118 valence electrons. The topological polar surface area (TPSA) is 72.2 Å². The highest BCUT2D eigenvalue weighted by Crippen LogP contribution is 2.38. The van der Waals surface area contributed by atoms with Gasteiger partial charge in [-0.1, -0.05) is 24.6 Å². The van der Waals surface area contributed by atoms with Gasteiger partial charge in [0.15, 0.2) is 0 Å². The number of hydrogen-bond donors (Lipinski definition) is 2.